The highest BCUT2D eigenvalue weighted by Gasteiger charge is 2.06. The summed E-state index contributed by atoms with van der Waals surface area (Å²) in [6.07, 6.45) is 5.04. The summed E-state index contributed by atoms with van der Waals surface area (Å²) in [5.41, 5.74) is 1.75. The molecule has 94 valence electrons. The summed E-state index contributed by atoms with van der Waals surface area (Å²) >= 11 is 0. The van der Waals surface area contributed by atoms with Crippen LogP contribution in [-0.4, -0.2) is 27.6 Å². The molecule has 0 aromatic carbocycles. The molecule has 0 aliphatic heterocycles. The molecule has 1 amide bonds. The average molecular weight is 238 g/mol. The highest BCUT2D eigenvalue weighted by Crippen LogP contribution is 2.06. The zero-order valence-corrected chi connectivity index (χ0v) is 10.1. The normalized spacial score (nSPS) is 11.9. The Labute approximate surface area is 100 Å². The predicted molar refractivity (Wildman–Crippen MR) is 63.8 cm³/mol. The molecule has 3 N–H and O–H groups in total. The molecule has 1 aromatic heterocycles. The van der Waals surface area contributed by atoms with E-state index >= 15 is 0 Å². The second-order valence-electron chi connectivity index (χ2n) is 4.01. The number of carbonyl (C=O) groups excluding carboxylic acids is 1. The molecule has 1 aromatic rings. The summed E-state index contributed by atoms with van der Waals surface area (Å²) in [4.78, 5) is 19.0. The summed E-state index contributed by atoms with van der Waals surface area (Å²) in [6.45, 7) is 5.11. The highest BCUT2D eigenvalue weighted by molar-refractivity contribution is 5.92. The Morgan fingerprint density at radius 1 is 1.47 bits per heavy atom. The van der Waals surface area contributed by atoms with Gasteiger partial charge in [-0.1, -0.05) is 20.3 Å². The van der Waals surface area contributed by atoms with Crippen LogP contribution in [0.3, 0.4) is 0 Å². The Morgan fingerprint density at radius 2 is 2.12 bits per heavy atom. The molecule has 0 aliphatic rings. The Hall–Kier alpha value is -1.69. The molecular weight excluding hydrogens is 220 g/mol. The Kier molecular flexibility index (Phi) is 5.35. The van der Waals surface area contributed by atoms with E-state index in [4.69, 9.17) is 5.21 Å². The summed E-state index contributed by atoms with van der Waals surface area (Å²) < 4.78 is 0. The number of anilines is 1. The molecule has 0 unspecified atom stereocenters. The molecule has 0 bridgehead atoms. The maximum atomic E-state index is 11.0. The monoisotopic (exact) mass is 238 g/mol. The van der Waals surface area contributed by atoms with E-state index < -0.39 is 5.91 Å². The lowest BCUT2D eigenvalue weighted by molar-refractivity contribution is 0.0705. The lowest BCUT2D eigenvalue weighted by Gasteiger charge is -2.11. The predicted octanol–water partition coefficient (Wildman–Crippen LogP) is 1.44. The number of carbonyl (C=O) groups is 1. The number of nitrogens with one attached hydrogen (secondary N) is 2. The minimum absolute atomic E-state index is 0.222. The standard InChI is InChI=1S/C11H18N4O2/c1-3-4-8(2)5-12-11-13-6-9(7-14-11)10(16)15-17/h6-8,17H,3-5H2,1-2H3,(H,15,16)(H,12,13,14)/t8-/m0/s1. The van der Waals surface area contributed by atoms with Crippen molar-refractivity contribution in [3.8, 4) is 0 Å². The van der Waals surface area contributed by atoms with Gasteiger partial charge in [-0.25, -0.2) is 15.4 Å². The minimum Gasteiger partial charge on any atom is -0.354 e. The summed E-state index contributed by atoms with van der Waals surface area (Å²) in [5, 5.41) is 11.5. The van der Waals surface area contributed by atoms with Gasteiger partial charge in [0.25, 0.3) is 5.91 Å². The Balaban J connectivity index is 2.48. The fourth-order valence-corrected chi connectivity index (χ4v) is 1.46. The van der Waals surface area contributed by atoms with E-state index in [0.717, 1.165) is 19.4 Å². The molecule has 0 aliphatic carbocycles. The first-order valence-corrected chi connectivity index (χ1v) is 5.67. The first kappa shape index (κ1) is 13.4. The fraction of sp³-hybridized carbons (Fsp3) is 0.545. The van der Waals surface area contributed by atoms with Crippen LogP contribution in [0.2, 0.25) is 0 Å². The van der Waals surface area contributed by atoms with Crippen molar-refractivity contribution in [3.05, 3.63) is 18.0 Å². The van der Waals surface area contributed by atoms with Gasteiger partial charge in [0, 0.05) is 18.9 Å². The van der Waals surface area contributed by atoms with Crippen LogP contribution < -0.4 is 10.8 Å². The van der Waals surface area contributed by atoms with E-state index in [1.807, 2.05) is 0 Å². The molecule has 1 heterocycles. The molecule has 0 saturated heterocycles. The number of nitrogens with zero attached hydrogens (tertiary/aromatic N) is 2. The molecule has 1 rings (SSSR count). The smallest absolute Gasteiger partial charge is 0.277 e. The molecular formula is C11H18N4O2. The van der Waals surface area contributed by atoms with Crippen LogP contribution in [0.1, 0.15) is 37.0 Å². The third-order valence-corrected chi connectivity index (χ3v) is 2.41. The van der Waals surface area contributed by atoms with E-state index in [0.29, 0.717) is 11.9 Å². The second kappa shape index (κ2) is 6.80. The number of hydroxylamine groups is 1. The summed E-state index contributed by atoms with van der Waals surface area (Å²) in [7, 11) is 0. The topological polar surface area (TPSA) is 87.1 Å². The highest BCUT2D eigenvalue weighted by atomic mass is 16.5. The molecule has 0 radical (unpaired) electrons. The molecule has 17 heavy (non-hydrogen) atoms. The lowest BCUT2D eigenvalue weighted by Crippen LogP contribution is -2.19. The fourth-order valence-electron chi connectivity index (χ4n) is 1.46. The van der Waals surface area contributed by atoms with Crippen molar-refractivity contribution < 1.29 is 10.0 Å². The van der Waals surface area contributed by atoms with Gasteiger partial charge in [0.1, 0.15) is 0 Å². The average Bonchev–Trinajstić information content (AvgIpc) is 2.36. The van der Waals surface area contributed by atoms with Crippen LogP contribution in [0.5, 0.6) is 0 Å². The quantitative estimate of drug-likeness (QED) is 0.515. The summed E-state index contributed by atoms with van der Waals surface area (Å²) in [6, 6.07) is 0. The lowest BCUT2D eigenvalue weighted by atomic mass is 10.1. The van der Waals surface area contributed by atoms with Crippen LogP contribution >= 0.6 is 0 Å². The first-order valence-electron chi connectivity index (χ1n) is 5.67. The molecule has 6 nitrogen and oxygen atoms in total. The number of hydrogen-bond acceptors (Lipinski definition) is 5. The Bertz CT molecular complexity index is 353. The van der Waals surface area contributed by atoms with Gasteiger partial charge in [0.15, 0.2) is 0 Å². The van der Waals surface area contributed by atoms with Crippen molar-refractivity contribution in [2.45, 2.75) is 26.7 Å². The van der Waals surface area contributed by atoms with Crippen LogP contribution in [0, 0.1) is 5.92 Å². The van der Waals surface area contributed by atoms with Gasteiger partial charge in [0.2, 0.25) is 5.95 Å². The van der Waals surface area contributed by atoms with E-state index in [1.54, 1.807) is 0 Å². The third-order valence-electron chi connectivity index (χ3n) is 2.41. The van der Waals surface area contributed by atoms with Gasteiger partial charge < -0.3 is 5.32 Å². The van der Waals surface area contributed by atoms with Gasteiger partial charge in [-0.2, -0.15) is 0 Å². The zero-order chi connectivity index (χ0) is 12.7. The largest absolute Gasteiger partial charge is 0.354 e. The van der Waals surface area contributed by atoms with Crippen molar-refractivity contribution >= 4 is 11.9 Å². The van der Waals surface area contributed by atoms with Gasteiger partial charge in [-0.3, -0.25) is 10.0 Å². The Morgan fingerprint density at radius 3 is 2.65 bits per heavy atom. The van der Waals surface area contributed by atoms with Crippen LogP contribution in [0.25, 0.3) is 0 Å². The van der Waals surface area contributed by atoms with Crippen LogP contribution in [-0.2, 0) is 0 Å². The SMILES string of the molecule is CCC[C@H](C)CNc1ncc(C(=O)NO)cn1. The van der Waals surface area contributed by atoms with Crippen LogP contribution in [0.15, 0.2) is 12.4 Å². The summed E-state index contributed by atoms with van der Waals surface area (Å²) in [5.74, 6) is 0.433. The van der Waals surface area contributed by atoms with E-state index in [1.165, 1.54) is 17.9 Å². The maximum Gasteiger partial charge on any atom is 0.277 e. The van der Waals surface area contributed by atoms with Crippen molar-refractivity contribution in [2.75, 3.05) is 11.9 Å². The number of aromatic nitrogens is 2. The van der Waals surface area contributed by atoms with E-state index in [9.17, 15) is 4.79 Å². The number of amides is 1. The van der Waals surface area contributed by atoms with Gasteiger partial charge in [0.05, 0.1) is 5.56 Å². The van der Waals surface area contributed by atoms with Gasteiger partial charge in [-0.05, 0) is 12.3 Å². The van der Waals surface area contributed by atoms with Crippen molar-refractivity contribution in [1.29, 1.82) is 0 Å². The van der Waals surface area contributed by atoms with E-state index in [2.05, 4.69) is 29.1 Å². The van der Waals surface area contributed by atoms with Gasteiger partial charge >= 0.3 is 0 Å². The van der Waals surface area contributed by atoms with Crippen LogP contribution in [0.4, 0.5) is 5.95 Å². The third kappa shape index (κ3) is 4.36. The second-order valence-corrected chi connectivity index (χ2v) is 4.01. The van der Waals surface area contributed by atoms with Gasteiger partial charge in [-0.15, -0.1) is 0 Å². The van der Waals surface area contributed by atoms with Crippen molar-refractivity contribution in [2.24, 2.45) is 5.92 Å². The minimum atomic E-state index is -0.615. The zero-order valence-electron chi connectivity index (χ0n) is 10.1. The number of hydrogen-bond donors (Lipinski definition) is 3. The molecule has 1 atom stereocenters. The molecule has 0 fully saturated rings. The van der Waals surface area contributed by atoms with Crippen molar-refractivity contribution in [3.63, 3.8) is 0 Å². The van der Waals surface area contributed by atoms with E-state index in [-0.39, 0.29) is 5.56 Å². The molecule has 0 spiro atoms. The molecule has 6 heteroatoms. The molecule has 0 saturated carbocycles. The number of rotatable bonds is 6. The van der Waals surface area contributed by atoms with Crippen molar-refractivity contribution in [1.82, 2.24) is 15.4 Å². The first-order chi connectivity index (χ1) is 8.17. The maximum absolute atomic E-state index is 11.0.